The highest BCUT2D eigenvalue weighted by atomic mass is 14.6. The lowest BCUT2D eigenvalue weighted by atomic mass is 10.0. The van der Waals surface area contributed by atoms with Crippen LogP contribution in [-0.4, -0.2) is 4.98 Å². The summed E-state index contributed by atoms with van der Waals surface area (Å²) in [6.45, 7) is 1.95. The molecule has 0 amide bonds. The Bertz CT molecular complexity index is 510. The number of nitrogens with zero attached hydrogens (tertiary/aromatic N) is 2. The van der Waals surface area contributed by atoms with E-state index in [4.69, 9.17) is 5.26 Å². The van der Waals surface area contributed by atoms with Gasteiger partial charge in [0.15, 0.2) is 0 Å². The second-order valence-corrected chi connectivity index (χ2v) is 3.38. The Morgan fingerprint density at radius 1 is 1.07 bits per heavy atom. The quantitative estimate of drug-likeness (QED) is 0.699. The van der Waals surface area contributed by atoms with Crippen LogP contribution < -0.4 is 0 Å². The van der Waals surface area contributed by atoms with E-state index in [2.05, 4.69) is 11.1 Å². The second kappa shape index (κ2) is 3.93. The highest BCUT2D eigenvalue weighted by Gasteiger charge is 2.00. The number of aromatic nitrogens is 1. The minimum atomic E-state index is 0.729. The van der Waals surface area contributed by atoms with E-state index in [1.54, 1.807) is 12.4 Å². The van der Waals surface area contributed by atoms with Gasteiger partial charge in [-0.1, -0.05) is 12.1 Å². The van der Waals surface area contributed by atoms with Gasteiger partial charge in [0, 0.05) is 12.4 Å². The van der Waals surface area contributed by atoms with Gasteiger partial charge in [0.25, 0.3) is 0 Å². The van der Waals surface area contributed by atoms with E-state index in [1.165, 1.54) is 0 Å². The van der Waals surface area contributed by atoms with E-state index >= 15 is 0 Å². The molecule has 0 saturated carbocycles. The molecule has 1 aromatic heterocycles. The first kappa shape index (κ1) is 9.42. The van der Waals surface area contributed by atoms with Crippen molar-refractivity contribution in [2.75, 3.05) is 0 Å². The monoisotopic (exact) mass is 194 g/mol. The maximum Gasteiger partial charge on any atom is 0.0994 e. The van der Waals surface area contributed by atoms with Gasteiger partial charge < -0.3 is 0 Å². The van der Waals surface area contributed by atoms with Gasteiger partial charge in [0.05, 0.1) is 11.6 Å². The van der Waals surface area contributed by atoms with Crippen LogP contribution in [0.3, 0.4) is 0 Å². The number of nitriles is 1. The lowest BCUT2D eigenvalue weighted by molar-refractivity contribution is 1.32. The van der Waals surface area contributed by atoms with E-state index in [0.717, 1.165) is 22.3 Å². The molecule has 0 spiro atoms. The lowest BCUT2D eigenvalue weighted by Crippen LogP contribution is -1.84. The smallest absolute Gasteiger partial charge is 0.0994 e. The van der Waals surface area contributed by atoms with Crippen LogP contribution in [0.25, 0.3) is 11.1 Å². The van der Waals surface area contributed by atoms with Gasteiger partial charge in [-0.05, 0) is 41.8 Å². The minimum Gasteiger partial charge on any atom is -0.265 e. The molecule has 0 aliphatic rings. The Balaban J connectivity index is 2.49. The third-order valence-corrected chi connectivity index (χ3v) is 2.36. The van der Waals surface area contributed by atoms with Crippen LogP contribution in [0, 0.1) is 18.3 Å². The molecule has 1 heterocycles. The molecule has 15 heavy (non-hydrogen) atoms. The van der Waals surface area contributed by atoms with Crippen LogP contribution in [0.15, 0.2) is 42.7 Å². The molecule has 0 N–H and O–H groups in total. The largest absolute Gasteiger partial charge is 0.265 e. The zero-order chi connectivity index (χ0) is 10.7. The van der Waals surface area contributed by atoms with E-state index in [0.29, 0.717) is 0 Å². The molecule has 0 aliphatic carbocycles. The zero-order valence-corrected chi connectivity index (χ0v) is 8.44. The molecule has 0 saturated heterocycles. The van der Waals surface area contributed by atoms with Crippen LogP contribution in [0.1, 0.15) is 11.1 Å². The first-order chi connectivity index (χ1) is 7.31. The van der Waals surface area contributed by atoms with E-state index < -0.39 is 0 Å². The molecule has 2 nitrogen and oxygen atoms in total. The van der Waals surface area contributed by atoms with Crippen molar-refractivity contribution in [2.24, 2.45) is 0 Å². The van der Waals surface area contributed by atoms with Crippen molar-refractivity contribution < 1.29 is 0 Å². The van der Waals surface area contributed by atoms with Crippen LogP contribution in [0.5, 0.6) is 0 Å². The molecule has 2 aromatic rings. The van der Waals surface area contributed by atoms with Crippen molar-refractivity contribution in [3.05, 3.63) is 53.9 Å². The summed E-state index contributed by atoms with van der Waals surface area (Å²) in [5.74, 6) is 0. The molecular weight excluding hydrogens is 184 g/mol. The molecule has 2 rings (SSSR count). The van der Waals surface area contributed by atoms with Crippen LogP contribution in [0.2, 0.25) is 0 Å². The molecule has 0 radical (unpaired) electrons. The van der Waals surface area contributed by atoms with E-state index in [1.807, 2.05) is 37.3 Å². The summed E-state index contributed by atoms with van der Waals surface area (Å²) >= 11 is 0. The average Bonchev–Trinajstić information content (AvgIpc) is 2.30. The number of benzene rings is 1. The van der Waals surface area contributed by atoms with Crippen molar-refractivity contribution in [3.8, 4) is 17.2 Å². The first-order valence-corrected chi connectivity index (χ1v) is 4.72. The zero-order valence-electron chi connectivity index (χ0n) is 8.44. The standard InChI is InChI=1S/C13H10N2/c1-10-8-12(2-3-13(10)9-14)11-4-6-15-7-5-11/h2-8H,1H3. The van der Waals surface area contributed by atoms with E-state index in [9.17, 15) is 0 Å². The molecule has 0 aliphatic heterocycles. The predicted molar refractivity (Wildman–Crippen MR) is 59.1 cm³/mol. The molecule has 0 atom stereocenters. The summed E-state index contributed by atoms with van der Waals surface area (Å²) in [4.78, 5) is 3.97. The summed E-state index contributed by atoms with van der Waals surface area (Å²) in [6.07, 6.45) is 3.53. The molecule has 1 aromatic carbocycles. The van der Waals surface area contributed by atoms with Crippen molar-refractivity contribution in [1.29, 1.82) is 5.26 Å². The van der Waals surface area contributed by atoms with Gasteiger partial charge in [0.1, 0.15) is 0 Å². The maximum absolute atomic E-state index is 8.82. The van der Waals surface area contributed by atoms with Gasteiger partial charge in [0.2, 0.25) is 0 Å². The molecular formula is C13H10N2. The van der Waals surface area contributed by atoms with Gasteiger partial charge in [-0.15, -0.1) is 0 Å². The molecule has 72 valence electrons. The van der Waals surface area contributed by atoms with Gasteiger partial charge >= 0.3 is 0 Å². The average molecular weight is 194 g/mol. The lowest BCUT2D eigenvalue weighted by Gasteiger charge is -2.03. The Morgan fingerprint density at radius 3 is 2.40 bits per heavy atom. The fraction of sp³-hybridized carbons (Fsp3) is 0.0769. The maximum atomic E-state index is 8.82. The summed E-state index contributed by atoms with van der Waals surface area (Å²) < 4.78 is 0. The Labute approximate surface area is 88.8 Å². The molecule has 0 bridgehead atoms. The minimum absolute atomic E-state index is 0.729. The van der Waals surface area contributed by atoms with Crippen LogP contribution in [-0.2, 0) is 0 Å². The molecule has 0 unspecified atom stereocenters. The number of pyridine rings is 1. The fourth-order valence-electron chi connectivity index (χ4n) is 1.51. The topological polar surface area (TPSA) is 36.7 Å². The van der Waals surface area contributed by atoms with Crippen molar-refractivity contribution >= 4 is 0 Å². The SMILES string of the molecule is Cc1cc(-c2ccncc2)ccc1C#N. The number of rotatable bonds is 1. The Morgan fingerprint density at radius 2 is 1.80 bits per heavy atom. The fourth-order valence-corrected chi connectivity index (χ4v) is 1.51. The third-order valence-electron chi connectivity index (χ3n) is 2.36. The number of hydrogen-bond donors (Lipinski definition) is 0. The number of hydrogen-bond acceptors (Lipinski definition) is 2. The van der Waals surface area contributed by atoms with Crippen molar-refractivity contribution in [2.45, 2.75) is 6.92 Å². The third kappa shape index (κ3) is 1.87. The van der Waals surface area contributed by atoms with Crippen molar-refractivity contribution in [1.82, 2.24) is 4.98 Å². The Kier molecular flexibility index (Phi) is 2.47. The molecule has 0 fully saturated rings. The van der Waals surface area contributed by atoms with Crippen LogP contribution >= 0.6 is 0 Å². The van der Waals surface area contributed by atoms with Crippen molar-refractivity contribution in [3.63, 3.8) is 0 Å². The summed E-state index contributed by atoms with van der Waals surface area (Å²) in [5, 5.41) is 8.82. The predicted octanol–water partition coefficient (Wildman–Crippen LogP) is 2.93. The molecule has 2 heteroatoms. The summed E-state index contributed by atoms with van der Waals surface area (Å²) in [7, 11) is 0. The normalized spacial score (nSPS) is 9.60. The first-order valence-electron chi connectivity index (χ1n) is 4.72. The van der Waals surface area contributed by atoms with Gasteiger partial charge in [-0.25, -0.2) is 0 Å². The summed E-state index contributed by atoms with van der Waals surface area (Å²) in [6, 6.07) is 11.9. The summed E-state index contributed by atoms with van der Waals surface area (Å²) in [5.41, 5.74) is 3.98. The van der Waals surface area contributed by atoms with Gasteiger partial charge in [-0.3, -0.25) is 4.98 Å². The number of aryl methyl sites for hydroxylation is 1. The highest BCUT2D eigenvalue weighted by Crippen LogP contribution is 2.21. The Hall–Kier alpha value is -2.14. The van der Waals surface area contributed by atoms with Gasteiger partial charge in [-0.2, -0.15) is 5.26 Å². The second-order valence-electron chi connectivity index (χ2n) is 3.38. The van der Waals surface area contributed by atoms with Crippen LogP contribution in [0.4, 0.5) is 0 Å². The highest BCUT2D eigenvalue weighted by molar-refractivity contribution is 5.65. The van der Waals surface area contributed by atoms with E-state index in [-0.39, 0.29) is 0 Å².